The second-order valence-electron chi connectivity index (χ2n) is 4.45. The van der Waals surface area contributed by atoms with Crippen LogP contribution in [0.1, 0.15) is 30.6 Å². The molecule has 1 heterocycles. The van der Waals surface area contributed by atoms with Crippen LogP contribution >= 0.6 is 15.9 Å². The predicted molar refractivity (Wildman–Crippen MR) is 79.5 cm³/mol. The van der Waals surface area contributed by atoms with Crippen molar-refractivity contribution in [2.45, 2.75) is 33.4 Å². The van der Waals surface area contributed by atoms with Crippen LogP contribution in [0.3, 0.4) is 0 Å². The molecule has 0 fully saturated rings. The van der Waals surface area contributed by atoms with E-state index in [1.54, 1.807) is 6.92 Å². The van der Waals surface area contributed by atoms with Crippen LogP contribution in [-0.2, 0) is 13.2 Å². The van der Waals surface area contributed by atoms with Crippen molar-refractivity contribution in [1.29, 1.82) is 0 Å². The van der Waals surface area contributed by atoms with Crippen molar-refractivity contribution in [3.8, 4) is 5.75 Å². The fourth-order valence-corrected chi connectivity index (χ4v) is 2.17. The molecule has 0 unspecified atom stereocenters. The summed E-state index contributed by atoms with van der Waals surface area (Å²) >= 11 is 3.48. The Morgan fingerprint density at radius 3 is 2.95 bits per heavy atom. The van der Waals surface area contributed by atoms with Crippen molar-refractivity contribution in [3.05, 3.63) is 40.0 Å². The third-order valence-electron chi connectivity index (χ3n) is 2.69. The first kappa shape index (κ1) is 15.0. The van der Waals surface area contributed by atoms with Gasteiger partial charge in [-0.2, -0.15) is 4.98 Å². The van der Waals surface area contributed by atoms with Crippen LogP contribution in [0.5, 0.6) is 5.75 Å². The minimum atomic E-state index is 0.281. The molecule has 108 valence electrons. The minimum absolute atomic E-state index is 0.281. The Morgan fingerprint density at radius 1 is 1.40 bits per heavy atom. The molecule has 2 rings (SSSR count). The SMILES string of the molecule is CCCNCc1cc(Br)ccc1OCc1nc(C)no1. The summed E-state index contributed by atoms with van der Waals surface area (Å²) in [6, 6.07) is 5.95. The van der Waals surface area contributed by atoms with E-state index in [0.717, 1.165) is 35.3 Å². The van der Waals surface area contributed by atoms with E-state index in [2.05, 4.69) is 44.4 Å². The molecule has 6 heteroatoms. The standard InChI is InChI=1S/C14H18BrN3O2/c1-3-6-16-8-11-7-12(15)4-5-13(11)19-9-14-17-10(2)18-20-14/h4-5,7,16H,3,6,8-9H2,1-2H3. The Bertz CT molecular complexity index is 557. The lowest BCUT2D eigenvalue weighted by Gasteiger charge is -2.11. The molecule has 20 heavy (non-hydrogen) atoms. The fourth-order valence-electron chi connectivity index (χ4n) is 1.76. The topological polar surface area (TPSA) is 60.2 Å². The van der Waals surface area contributed by atoms with Gasteiger partial charge in [0.25, 0.3) is 5.89 Å². The highest BCUT2D eigenvalue weighted by molar-refractivity contribution is 9.10. The highest BCUT2D eigenvalue weighted by Gasteiger charge is 2.08. The van der Waals surface area contributed by atoms with Crippen LogP contribution in [0.15, 0.2) is 27.2 Å². The van der Waals surface area contributed by atoms with E-state index in [4.69, 9.17) is 9.26 Å². The van der Waals surface area contributed by atoms with Gasteiger partial charge in [0.2, 0.25) is 0 Å². The van der Waals surface area contributed by atoms with Crippen LogP contribution in [0.2, 0.25) is 0 Å². The quantitative estimate of drug-likeness (QED) is 0.784. The van der Waals surface area contributed by atoms with Crippen LogP contribution < -0.4 is 10.1 Å². The maximum absolute atomic E-state index is 5.77. The maximum Gasteiger partial charge on any atom is 0.264 e. The van der Waals surface area contributed by atoms with Crippen molar-refractivity contribution in [3.63, 3.8) is 0 Å². The van der Waals surface area contributed by atoms with Gasteiger partial charge in [0.15, 0.2) is 12.4 Å². The molecular formula is C14H18BrN3O2. The predicted octanol–water partition coefficient (Wildman–Crippen LogP) is 3.22. The molecule has 0 bridgehead atoms. The second kappa shape index (κ2) is 7.40. The van der Waals surface area contributed by atoms with Gasteiger partial charge in [-0.1, -0.05) is 28.0 Å². The summed E-state index contributed by atoms with van der Waals surface area (Å²) in [7, 11) is 0. The summed E-state index contributed by atoms with van der Waals surface area (Å²) in [6.45, 7) is 5.96. The van der Waals surface area contributed by atoms with Crippen LogP contribution in [0.4, 0.5) is 0 Å². The van der Waals surface area contributed by atoms with E-state index in [-0.39, 0.29) is 6.61 Å². The smallest absolute Gasteiger partial charge is 0.264 e. The Morgan fingerprint density at radius 2 is 2.25 bits per heavy atom. The highest BCUT2D eigenvalue weighted by Crippen LogP contribution is 2.24. The van der Waals surface area contributed by atoms with Crippen LogP contribution in [0, 0.1) is 6.92 Å². The van der Waals surface area contributed by atoms with E-state index in [1.807, 2.05) is 12.1 Å². The van der Waals surface area contributed by atoms with Crippen molar-refractivity contribution >= 4 is 15.9 Å². The molecule has 1 aromatic carbocycles. The average molecular weight is 340 g/mol. The molecule has 0 spiro atoms. The maximum atomic E-state index is 5.77. The number of halogens is 1. The molecule has 0 amide bonds. The summed E-state index contributed by atoms with van der Waals surface area (Å²) in [5.74, 6) is 1.93. The Labute approximate surface area is 126 Å². The van der Waals surface area contributed by atoms with Gasteiger partial charge in [0.05, 0.1) is 0 Å². The van der Waals surface area contributed by atoms with E-state index in [1.165, 1.54) is 0 Å². The Balaban J connectivity index is 2.01. The number of hydrogen-bond donors (Lipinski definition) is 1. The lowest BCUT2D eigenvalue weighted by molar-refractivity contribution is 0.240. The normalized spacial score (nSPS) is 10.8. The molecule has 5 nitrogen and oxygen atoms in total. The third-order valence-corrected chi connectivity index (χ3v) is 3.18. The number of ether oxygens (including phenoxy) is 1. The van der Waals surface area contributed by atoms with E-state index >= 15 is 0 Å². The lowest BCUT2D eigenvalue weighted by Crippen LogP contribution is -2.14. The van der Waals surface area contributed by atoms with E-state index in [0.29, 0.717) is 11.7 Å². The summed E-state index contributed by atoms with van der Waals surface area (Å²) in [5, 5.41) is 7.11. The fraction of sp³-hybridized carbons (Fsp3) is 0.429. The molecule has 0 aliphatic carbocycles. The van der Waals surface area contributed by atoms with Gasteiger partial charge in [0.1, 0.15) is 5.75 Å². The molecular weight excluding hydrogens is 322 g/mol. The van der Waals surface area contributed by atoms with Gasteiger partial charge in [-0.3, -0.25) is 0 Å². The summed E-state index contributed by atoms with van der Waals surface area (Å²) in [6.07, 6.45) is 1.10. The van der Waals surface area contributed by atoms with Crippen molar-refractivity contribution in [2.24, 2.45) is 0 Å². The third kappa shape index (κ3) is 4.31. The molecule has 0 atom stereocenters. The Hall–Kier alpha value is -1.40. The first-order valence-corrected chi connectivity index (χ1v) is 7.39. The molecule has 0 saturated carbocycles. The number of rotatable bonds is 7. The van der Waals surface area contributed by atoms with E-state index < -0.39 is 0 Å². The van der Waals surface area contributed by atoms with Crippen molar-refractivity contribution < 1.29 is 9.26 Å². The number of aryl methyl sites for hydroxylation is 1. The van der Waals surface area contributed by atoms with Gasteiger partial charge in [0, 0.05) is 16.6 Å². The molecule has 1 aromatic heterocycles. The number of benzene rings is 1. The molecule has 1 N–H and O–H groups in total. The summed E-state index contributed by atoms with van der Waals surface area (Å²) < 4.78 is 11.8. The summed E-state index contributed by atoms with van der Waals surface area (Å²) in [4.78, 5) is 4.12. The average Bonchev–Trinajstić information content (AvgIpc) is 2.84. The molecule has 0 aliphatic rings. The molecule has 2 aromatic rings. The zero-order valence-corrected chi connectivity index (χ0v) is 13.2. The van der Waals surface area contributed by atoms with Crippen molar-refractivity contribution in [1.82, 2.24) is 15.5 Å². The summed E-state index contributed by atoms with van der Waals surface area (Å²) in [5.41, 5.74) is 1.10. The van der Waals surface area contributed by atoms with E-state index in [9.17, 15) is 0 Å². The number of nitrogens with zero attached hydrogens (tertiary/aromatic N) is 2. The largest absolute Gasteiger partial charge is 0.483 e. The zero-order valence-electron chi connectivity index (χ0n) is 11.6. The molecule has 0 aliphatic heterocycles. The van der Waals surface area contributed by atoms with Gasteiger partial charge >= 0.3 is 0 Å². The van der Waals surface area contributed by atoms with Gasteiger partial charge in [-0.25, -0.2) is 0 Å². The highest BCUT2D eigenvalue weighted by atomic mass is 79.9. The number of aromatic nitrogens is 2. The van der Waals surface area contributed by atoms with Gasteiger partial charge < -0.3 is 14.6 Å². The van der Waals surface area contributed by atoms with Crippen LogP contribution in [0.25, 0.3) is 0 Å². The minimum Gasteiger partial charge on any atom is -0.483 e. The molecule has 0 radical (unpaired) electrons. The number of nitrogens with one attached hydrogen (secondary N) is 1. The van der Waals surface area contributed by atoms with Crippen molar-refractivity contribution in [2.75, 3.05) is 6.54 Å². The monoisotopic (exact) mass is 339 g/mol. The zero-order chi connectivity index (χ0) is 14.4. The van der Waals surface area contributed by atoms with Crippen LogP contribution in [-0.4, -0.2) is 16.7 Å². The Kier molecular flexibility index (Phi) is 5.55. The van der Waals surface area contributed by atoms with Gasteiger partial charge in [-0.15, -0.1) is 0 Å². The number of hydrogen-bond acceptors (Lipinski definition) is 5. The first-order valence-electron chi connectivity index (χ1n) is 6.60. The lowest BCUT2D eigenvalue weighted by atomic mass is 10.2. The second-order valence-corrected chi connectivity index (χ2v) is 5.37. The first-order chi connectivity index (χ1) is 9.69. The van der Waals surface area contributed by atoms with Gasteiger partial charge in [-0.05, 0) is 38.1 Å². The molecule has 0 saturated heterocycles.